The Labute approximate surface area is 127 Å². The van der Waals surface area contributed by atoms with Crippen LogP contribution in [0, 0.1) is 0 Å². The van der Waals surface area contributed by atoms with Crippen LogP contribution in [-0.4, -0.2) is 13.2 Å². The van der Waals surface area contributed by atoms with Gasteiger partial charge in [0.2, 0.25) is 0 Å². The van der Waals surface area contributed by atoms with Crippen molar-refractivity contribution in [1.29, 1.82) is 0 Å². The maximum Gasteiger partial charge on any atom is 0.119 e. The zero-order chi connectivity index (χ0) is 14.9. The summed E-state index contributed by atoms with van der Waals surface area (Å²) >= 11 is 0. The molecule has 0 fully saturated rings. The zero-order valence-electron chi connectivity index (χ0n) is 12.8. The van der Waals surface area contributed by atoms with Crippen molar-refractivity contribution in [2.45, 2.75) is 32.1 Å². The molecule has 2 heteroatoms. The highest BCUT2D eigenvalue weighted by Crippen LogP contribution is 2.20. The first kappa shape index (κ1) is 15.6. The Kier molecular flexibility index (Phi) is 6.29. The number of nitrogens with two attached hydrogens (primary N) is 1. The van der Waals surface area contributed by atoms with Crippen molar-refractivity contribution < 1.29 is 4.74 Å². The molecule has 2 nitrogen and oxygen atoms in total. The summed E-state index contributed by atoms with van der Waals surface area (Å²) in [4.78, 5) is 0. The van der Waals surface area contributed by atoms with Gasteiger partial charge in [0.1, 0.15) is 5.75 Å². The van der Waals surface area contributed by atoms with E-state index in [0.717, 1.165) is 31.6 Å². The van der Waals surface area contributed by atoms with Crippen LogP contribution in [0.4, 0.5) is 0 Å². The van der Waals surface area contributed by atoms with Crippen LogP contribution in [0.5, 0.6) is 5.75 Å². The largest absolute Gasteiger partial charge is 0.494 e. The standard InChI is InChI=1S/C19H25NO/c1-2-16-8-6-12-19(14-16)21-13-7-11-18(15-20)17-9-4-3-5-10-17/h3-6,8-10,12,14,18H,2,7,11,13,15,20H2,1H3. The van der Waals surface area contributed by atoms with E-state index in [1.165, 1.54) is 11.1 Å². The molecule has 0 aliphatic carbocycles. The normalized spacial score (nSPS) is 12.1. The van der Waals surface area contributed by atoms with Crippen molar-refractivity contribution in [3.63, 3.8) is 0 Å². The molecule has 1 unspecified atom stereocenters. The lowest BCUT2D eigenvalue weighted by molar-refractivity contribution is 0.301. The fourth-order valence-electron chi connectivity index (χ4n) is 2.52. The molecule has 0 heterocycles. The molecule has 0 aromatic heterocycles. The van der Waals surface area contributed by atoms with Crippen molar-refractivity contribution in [3.05, 3.63) is 65.7 Å². The average molecular weight is 283 g/mol. The Morgan fingerprint density at radius 3 is 2.57 bits per heavy atom. The Morgan fingerprint density at radius 1 is 1.05 bits per heavy atom. The summed E-state index contributed by atoms with van der Waals surface area (Å²) in [6.07, 6.45) is 3.13. The van der Waals surface area contributed by atoms with E-state index < -0.39 is 0 Å². The van der Waals surface area contributed by atoms with Gasteiger partial charge in [-0.2, -0.15) is 0 Å². The molecule has 2 aromatic rings. The SMILES string of the molecule is CCc1cccc(OCCCC(CN)c2ccccc2)c1. The highest BCUT2D eigenvalue weighted by molar-refractivity contribution is 5.28. The van der Waals surface area contributed by atoms with Crippen LogP contribution in [-0.2, 0) is 6.42 Å². The van der Waals surface area contributed by atoms with Gasteiger partial charge >= 0.3 is 0 Å². The summed E-state index contributed by atoms with van der Waals surface area (Å²) in [6, 6.07) is 18.8. The fourth-order valence-corrected chi connectivity index (χ4v) is 2.52. The van der Waals surface area contributed by atoms with Gasteiger partial charge < -0.3 is 10.5 Å². The second-order valence-corrected chi connectivity index (χ2v) is 5.33. The molecule has 0 aliphatic heterocycles. The smallest absolute Gasteiger partial charge is 0.119 e. The summed E-state index contributed by atoms with van der Waals surface area (Å²) < 4.78 is 5.84. The summed E-state index contributed by atoms with van der Waals surface area (Å²) in [5, 5.41) is 0. The Morgan fingerprint density at radius 2 is 1.86 bits per heavy atom. The van der Waals surface area contributed by atoms with Crippen molar-refractivity contribution in [3.8, 4) is 5.75 Å². The van der Waals surface area contributed by atoms with E-state index in [9.17, 15) is 0 Å². The highest BCUT2D eigenvalue weighted by atomic mass is 16.5. The number of aryl methyl sites for hydroxylation is 1. The quantitative estimate of drug-likeness (QED) is 0.739. The van der Waals surface area contributed by atoms with E-state index in [1.807, 2.05) is 12.1 Å². The van der Waals surface area contributed by atoms with Gasteiger partial charge in [0.25, 0.3) is 0 Å². The van der Waals surface area contributed by atoms with Gasteiger partial charge in [-0.05, 0) is 55.0 Å². The first-order valence-corrected chi connectivity index (χ1v) is 7.80. The molecule has 2 aromatic carbocycles. The van der Waals surface area contributed by atoms with Gasteiger partial charge in [-0.25, -0.2) is 0 Å². The van der Waals surface area contributed by atoms with Crippen LogP contribution in [0.25, 0.3) is 0 Å². The first-order valence-electron chi connectivity index (χ1n) is 7.80. The number of ether oxygens (including phenoxy) is 1. The van der Waals surface area contributed by atoms with Crippen LogP contribution in [0.3, 0.4) is 0 Å². The van der Waals surface area contributed by atoms with Crippen LogP contribution in [0.1, 0.15) is 36.8 Å². The summed E-state index contributed by atoms with van der Waals surface area (Å²) in [7, 11) is 0. The second-order valence-electron chi connectivity index (χ2n) is 5.33. The third-order valence-corrected chi connectivity index (χ3v) is 3.83. The second kappa shape index (κ2) is 8.48. The summed E-state index contributed by atoms with van der Waals surface area (Å²) in [5.41, 5.74) is 8.54. The van der Waals surface area contributed by atoms with Crippen LogP contribution >= 0.6 is 0 Å². The maximum atomic E-state index is 5.90. The predicted molar refractivity (Wildman–Crippen MR) is 88.8 cm³/mol. The van der Waals surface area contributed by atoms with Crippen molar-refractivity contribution in [2.24, 2.45) is 5.73 Å². The molecule has 0 saturated carbocycles. The number of benzene rings is 2. The lowest BCUT2D eigenvalue weighted by Gasteiger charge is -2.15. The minimum Gasteiger partial charge on any atom is -0.494 e. The maximum absolute atomic E-state index is 5.90. The van der Waals surface area contributed by atoms with Crippen molar-refractivity contribution in [1.82, 2.24) is 0 Å². The first-order chi connectivity index (χ1) is 10.3. The van der Waals surface area contributed by atoms with E-state index in [0.29, 0.717) is 12.5 Å². The minimum absolute atomic E-state index is 0.428. The molecular formula is C19H25NO. The van der Waals surface area contributed by atoms with Crippen molar-refractivity contribution >= 4 is 0 Å². The Balaban J connectivity index is 1.78. The molecule has 2 N–H and O–H groups in total. The molecule has 0 amide bonds. The molecule has 2 rings (SSSR count). The van der Waals surface area contributed by atoms with E-state index in [1.54, 1.807) is 0 Å². The zero-order valence-corrected chi connectivity index (χ0v) is 12.8. The molecule has 0 radical (unpaired) electrons. The molecule has 0 saturated heterocycles. The van der Waals surface area contributed by atoms with E-state index in [-0.39, 0.29) is 0 Å². The van der Waals surface area contributed by atoms with Crippen LogP contribution < -0.4 is 10.5 Å². The molecule has 1 atom stereocenters. The average Bonchev–Trinajstić information content (AvgIpc) is 2.56. The van der Waals surface area contributed by atoms with Crippen LogP contribution in [0.2, 0.25) is 0 Å². The summed E-state index contributed by atoms with van der Waals surface area (Å²) in [6.45, 7) is 3.59. The number of hydrogen-bond acceptors (Lipinski definition) is 2. The van der Waals surface area contributed by atoms with Crippen LogP contribution in [0.15, 0.2) is 54.6 Å². The molecule has 21 heavy (non-hydrogen) atoms. The third kappa shape index (κ3) is 4.91. The van der Waals surface area contributed by atoms with Gasteiger partial charge in [0.05, 0.1) is 6.61 Å². The molecule has 0 bridgehead atoms. The van der Waals surface area contributed by atoms with Gasteiger partial charge in [-0.15, -0.1) is 0 Å². The molecular weight excluding hydrogens is 258 g/mol. The van der Waals surface area contributed by atoms with Gasteiger partial charge in [-0.3, -0.25) is 0 Å². The van der Waals surface area contributed by atoms with Gasteiger partial charge in [0.15, 0.2) is 0 Å². The minimum atomic E-state index is 0.428. The fraction of sp³-hybridized carbons (Fsp3) is 0.368. The third-order valence-electron chi connectivity index (χ3n) is 3.83. The van der Waals surface area contributed by atoms with Crippen molar-refractivity contribution in [2.75, 3.05) is 13.2 Å². The topological polar surface area (TPSA) is 35.2 Å². The molecule has 0 spiro atoms. The van der Waals surface area contributed by atoms with E-state index in [4.69, 9.17) is 10.5 Å². The number of hydrogen-bond donors (Lipinski definition) is 1. The molecule has 0 aliphatic rings. The Hall–Kier alpha value is -1.80. The number of rotatable bonds is 8. The Bertz CT molecular complexity index is 524. The van der Waals surface area contributed by atoms with E-state index in [2.05, 4.69) is 49.4 Å². The van der Waals surface area contributed by atoms with E-state index >= 15 is 0 Å². The highest BCUT2D eigenvalue weighted by Gasteiger charge is 2.08. The van der Waals surface area contributed by atoms with Gasteiger partial charge in [0, 0.05) is 0 Å². The summed E-state index contributed by atoms with van der Waals surface area (Å²) in [5.74, 6) is 1.40. The monoisotopic (exact) mass is 283 g/mol. The predicted octanol–water partition coefficient (Wildman–Crippen LogP) is 4.15. The van der Waals surface area contributed by atoms with Gasteiger partial charge in [-0.1, -0.05) is 49.4 Å². The lowest BCUT2D eigenvalue weighted by atomic mass is 9.95. The molecule has 112 valence electrons. The lowest BCUT2D eigenvalue weighted by Crippen LogP contribution is -2.13.